The molecule has 0 aromatic heterocycles. The van der Waals surface area contributed by atoms with Gasteiger partial charge in [0, 0.05) is 57.8 Å². The van der Waals surface area contributed by atoms with Gasteiger partial charge in [0.25, 0.3) is 5.91 Å². The number of ether oxygens (including phenoxy) is 2. The predicted molar refractivity (Wildman–Crippen MR) is 122 cm³/mol. The molecule has 0 bridgehead atoms. The van der Waals surface area contributed by atoms with E-state index < -0.39 is 0 Å². The summed E-state index contributed by atoms with van der Waals surface area (Å²) in [7, 11) is 3.38. The van der Waals surface area contributed by atoms with Crippen molar-refractivity contribution in [3.63, 3.8) is 0 Å². The van der Waals surface area contributed by atoms with Gasteiger partial charge in [0.1, 0.15) is 12.4 Å². The molecular formula is C24H35N3O5. The Labute approximate surface area is 190 Å². The molecule has 0 unspecified atom stereocenters. The molecule has 1 saturated carbocycles. The lowest BCUT2D eigenvalue weighted by atomic mass is 9.83. The second-order valence-electron chi connectivity index (χ2n) is 9.11. The highest BCUT2D eigenvalue weighted by molar-refractivity contribution is 5.98. The van der Waals surface area contributed by atoms with E-state index in [0.29, 0.717) is 30.1 Å². The van der Waals surface area contributed by atoms with E-state index in [2.05, 4.69) is 12.2 Å². The lowest BCUT2D eigenvalue weighted by Crippen LogP contribution is -2.51. The third-order valence-electron chi connectivity index (χ3n) is 6.50. The number of amides is 3. The summed E-state index contributed by atoms with van der Waals surface area (Å²) in [5, 5.41) is 2.73. The Morgan fingerprint density at radius 1 is 1.19 bits per heavy atom. The van der Waals surface area contributed by atoms with Crippen molar-refractivity contribution in [1.82, 2.24) is 9.80 Å². The molecule has 32 heavy (non-hydrogen) atoms. The van der Waals surface area contributed by atoms with E-state index in [1.165, 1.54) is 6.92 Å². The molecule has 3 atom stereocenters. The van der Waals surface area contributed by atoms with Crippen LogP contribution >= 0.6 is 0 Å². The summed E-state index contributed by atoms with van der Waals surface area (Å²) in [5.41, 5.74) is 0.964. The summed E-state index contributed by atoms with van der Waals surface area (Å²) in [6.07, 6.45) is 2.75. The van der Waals surface area contributed by atoms with E-state index in [0.717, 1.165) is 19.3 Å². The summed E-state index contributed by atoms with van der Waals surface area (Å²) in [4.78, 5) is 41.4. The van der Waals surface area contributed by atoms with Crippen LogP contribution in [0.1, 0.15) is 50.4 Å². The van der Waals surface area contributed by atoms with E-state index >= 15 is 0 Å². The monoisotopic (exact) mass is 445 g/mol. The first-order chi connectivity index (χ1) is 15.2. The number of carbonyl (C=O) groups excluding carboxylic acids is 3. The molecule has 1 N–H and O–H groups in total. The molecule has 0 spiro atoms. The zero-order valence-corrected chi connectivity index (χ0v) is 19.7. The van der Waals surface area contributed by atoms with Crippen molar-refractivity contribution >= 4 is 23.4 Å². The molecule has 1 aliphatic carbocycles. The highest BCUT2D eigenvalue weighted by Crippen LogP contribution is 2.31. The number of carbonyl (C=O) groups is 3. The van der Waals surface area contributed by atoms with Crippen molar-refractivity contribution in [2.75, 3.05) is 39.2 Å². The molecule has 1 fully saturated rings. The molecule has 0 radical (unpaired) electrons. The van der Waals surface area contributed by atoms with Crippen LogP contribution in [-0.4, -0.2) is 73.5 Å². The van der Waals surface area contributed by atoms with Crippen molar-refractivity contribution in [2.45, 2.75) is 52.2 Å². The normalized spacial score (nSPS) is 25.0. The van der Waals surface area contributed by atoms with Gasteiger partial charge >= 0.3 is 0 Å². The number of anilines is 1. The second kappa shape index (κ2) is 10.3. The van der Waals surface area contributed by atoms with Crippen molar-refractivity contribution in [3.8, 4) is 5.75 Å². The van der Waals surface area contributed by atoms with Crippen LogP contribution in [0.25, 0.3) is 0 Å². The lowest BCUT2D eigenvalue weighted by Gasteiger charge is -2.39. The summed E-state index contributed by atoms with van der Waals surface area (Å²) >= 11 is 0. The molecule has 1 aromatic rings. The first-order valence-corrected chi connectivity index (χ1v) is 11.3. The zero-order chi connectivity index (χ0) is 23.4. The van der Waals surface area contributed by atoms with E-state index in [1.807, 2.05) is 11.8 Å². The number of hydrogen-bond acceptors (Lipinski definition) is 5. The Morgan fingerprint density at radius 3 is 2.50 bits per heavy atom. The Hall–Kier alpha value is -2.61. The topological polar surface area (TPSA) is 88.2 Å². The molecule has 2 aliphatic rings. The molecule has 176 valence electrons. The van der Waals surface area contributed by atoms with Crippen molar-refractivity contribution in [3.05, 3.63) is 23.8 Å². The average molecular weight is 446 g/mol. The van der Waals surface area contributed by atoms with Gasteiger partial charge < -0.3 is 24.6 Å². The Bertz CT molecular complexity index is 854. The fourth-order valence-corrected chi connectivity index (χ4v) is 4.25. The summed E-state index contributed by atoms with van der Waals surface area (Å²) in [6, 6.07) is 4.84. The third kappa shape index (κ3) is 5.41. The number of hydrogen-bond donors (Lipinski definition) is 1. The van der Waals surface area contributed by atoms with E-state index in [1.54, 1.807) is 37.3 Å². The fourth-order valence-electron chi connectivity index (χ4n) is 4.25. The second-order valence-corrected chi connectivity index (χ2v) is 9.11. The molecule has 8 nitrogen and oxygen atoms in total. The molecule has 0 saturated heterocycles. The smallest absolute Gasteiger partial charge is 0.257 e. The third-order valence-corrected chi connectivity index (χ3v) is 6.50. The van der Waals surface area contributed by atoms with Gasteiger partial charge in [-0.15, -0.1) is 0 Å². The van der Waals surface area contributed by atoms with Crippen LogP contribution in [0.4, 0.5) is 5.69 Å². The van der Waals surface area contributed by atoms with Crippen LogP contribution in [0, 0.1) is 11.8 Å². The molecular weight excluding hydrogens is 410 g/mol. The summed E-state index contributed by atoms with van der Waals surface area (Å²) < 4.78 is 11.8. The van der Waals surface area contributed by atoms with Gasteiger partial charge in [-0.2, -0.15) is 0 Å². The standard InChI is InChI=1S/C24H35N3O5/c1-15-12-27(23(29)18-7-6-8-18)16(2)14-32-21-11-19(25-17(3)28)9-10-20(21)24(30)26(4)13-22(15)31-5/h9-11,15-16,18,22H,6-8,12-14H2,1-5H3,(H,25,28)/t15-,16-,22+/m0/s1. The largest absolute Gasteiger partial charge is 0.491 e. The highest BCUT2D eigenvalue weighted by atomic mass is 16.5. The van der Waals surface area contributed by atoms with Crippen LogP contribution in [-0.2, 0) is 14.3 Å². The van der Waals surface area contributed by atoms with Gasteiger partial charge in [-0.3, -0.25) is 14.4 Å². The van der Waals surface area contributed by atoms with E-state index in [9.17, 15) is 14.4 Å². The summed E-state index contributed by atoms with van der Waals surface area (Å²) in [6.45, 7) is 6.64. The minimum absolute atomic E-state index is 0.0442. The zero-order valence-electron chi connectivity index (χ0n) is 19.7. The maximum absolute atomic E-state index is 13.2. The van der Waals surface area contributed by atoms with Crippen LogP contribution in [0.15, 0.2) is 18.2 Å². The average Bonchev–Trinajstić information content (AvgIpc) is 2.70. The van der Waals surface area contributed by atoms with E-state index in [4.69, 9.17) is 9.47 Å². The highest BCUT2D eigenvalue weighted by Gasteiger charge is 2.35. The van der Waals surface area contributed by atoms with Gasteiger partial charge in [-0.05, 0) is 31.9 Å². The van der Waals surface area contributed by atoms with Crippen molar-refractivity contribution in [1.29, 1.82) is 0 Å². The first-order valence-electron chi connectivity index (χ1n) is 11.3. The number of methoxy groups -OCH3 is 1. The maximum atomic E-state index is 13.2. The van der Waals surface area contributed by atoms with Crippen molar-refractivity contribution in [2.24, 2.45) is 11.8 Å². The van der Waals surface area contributed by atoms with Gasteiger partial charge in [-0.25, -0.2) is 0 Å². The number of rotatable bonds is 3. The lowest BCUT2D eigenvalue weighted by molar-refractivity contribution is -0.142. The minimum Gasteiger partial charge on any atom is -0.491 e. The Balaban J connectivity index is 1.95. The van der Waals surface area contributed by atoms with Gasteiger partial charge in [0.2, 0.25) is 11.8 Å². The summed E-state index contributed by atoms with van der Waals surface area (Å²) in [5.74, 6) is 0.300. The quantitative estimate of drug-likeness (QED) is 0.773. The Morgan fingerprint density at radius 2 is 1.91 bits per heavy atom. The van der Waals surface area contributed by atoms with Gasteiger partial charge in [-0.1, -0.05) is 13.3 Å². The first kappa shape index (κ1) is 24.0. The number of benzene rings is 1. The SMILES string of the molecule is CO[C@@H]1CN(C)C(=O)c2ccc(NC(C)=O)cc2OC[C@H](C)N(C(=O)C2CCC2)C[C@@H]1C. The number of nitrogens with one attached hydrogen (secondary N) is 1. The number of nitrogens with zero attached hydrogens (tertiary/aromatic N) is 2. The molecule has 1 heterocycles. The van der Waals surface area contributed by atoms with Gasteiger partial charge in [0.05, 0.1) is 17.7 Å². The predicted octanol–water partition coefficient (Wildman–Crippen LogP) is 2.78. The van der Waals surface area contributed by atoms with E-state index in [-0.39, 0.29) is 48.3 Å². The number of fused-ring (bicyclic) bond motifs is 1. The molecule has 1 aliphatic heterocycles. The van der Waals surface area contributed by atoms with Gasteiger partial charge in [0.15, 0.2) is 0 Å². The Kier molecular flexibility index (Phi) is 7.77. The van der Waals surface area contributed by atoms with Crippen LogP contribution in [0.5, 0.6) is 5.75 Å². The minimum atomic E-state index is -0.213. The maximum Gasteiger partial charge on any atom is 0.257 e. The molecule has 8 heteroatoms. The molecule has 1 aromatic carbocycles. The number of likely N-dealkylation sites (N-methyl/N-ethyl adjacent to an activating group) is 1. The molecule has 3 rings (SSSR count). The fraction of sp³-hybridized carbons (Fsp3) is 0.625. The molecule has 3 amide bonds. The van der Waals surface area contributed by atoms with Crippen LogP contribution in [0.3, 0.4) is 0 Å². The van der Waals surface area contributed by atoms with Crippen LogP contribution < -0.4 is 10.1 Å². The van der Waals surface area contributed by atoms with Crippen LogP contribution in [0.2, 0.25) is 0 Å². The van der Waals surface area contributed by atoms with Crippen molar-refractivity contribution < 1.29 is 23.9 Å².